The van der Waals surface area contributed by atoms with Crippen LogP contribution in [0.1, 0.15) is 30.9 Å². The topological polar surface area (TPSA) is 101 Å². The van der Waals surface area contributed by atoms with Gasteiger partial charge in [-0.2, -0.15) is 0 Å². The van der Waals surface area contributed by atoms with Crippen molar-refractivity contribution in [1.29, 1.82) is 0 Å². The largest absolute Gasteiger partial charge is 0.381 e. The molecule has 0 aliphatic carbocycles. The molecule has 1 aliphatic heterocycles. The van der Waals surface area contributed by atoms with Crippen LogP contribution in [0.3, 0.4) is 0 Å². The minimum atomic E-state index is -0.336. The van der Waals surface area contributed by atoms with Crippen molar-refractivity contribution in [3.05, 3.63) is 81.4 Å². The first-order chi connectivity index (χ1) is 17.5. The average molecular weight is 506 g/mol. The Labute approximate surface area is 213 Å². The van der Waals surface area contributed by atoms with E-state index in [1.54, 1.807) is 12.1 Å². The highest BCUT2D eigenvalue weighted by molar-refractivity contribution is 6.30. The van der Waals surface area contributed by atoms with E-state index in [1.165, 1.54) is 21.7 Å². The number of halogens is 1. The lowest BCUT2D eigenvalue weighted by Gasteiger charge is -2.21. The molecule has 186 valence electrons. The summed E-state index contributed by atoms with van der Waals surface area (Å²) in [6, 6.07) is 13.3. The third-order valence-electron chi connectivity index (χ3n) is 6.56. The number of carbonyl (C=O) groups is 1. The number of aryl methyl sites for hydroxylation is 1. The van der Waals surface area contributed by atoms with Crippen molar-refractivity contribution in [2.75, 3.05) is 23.8 Å². The molecule has 0 radical (unpaired) electrons. The molecule has 9 heteroatoms. The molecule has 1 aliphatic rings. The van der Waals surface area contributed by atoms with Gasteiger partial charge in [0.25, 0.3) is 5.56 Å². The van der Waals surface area contributed by atoms with E-state index in [0.717, 1.165) is 23.2 Å². The second-order valence-electron chi connectivity index (χ2n) is 8.94. The normalized spacial score (nSPS) is 14.2. The van der Waals surface area contributed by atoms with Gasteiger partial charge in [-0.3, -0.25) is 14.2 Å². The number of rotatable bonds is 7. The summed E-state index contributed by atoms with van der Waals surface area (Å²) in [7, 11) is 0. The fourth-order valence-electron chi connectivity index (χ4n) is 4.48. The lowest BCUT2D eigenvalue weighted by Crippen LogP contribution is -2.33. The lowest BCUT2D eigenvalue weighted by molar-refractivity contribution is -0.122. The van der Waals surface area contributed by atoms with Crippen LogP contribution in [0.4, 0.5) is 17.3 Å². The number of aromatic amines is 1. The van der Waals surface area contributed by atoms with E-state index in [1.807, 2.05) is 30.5 Å². The molecule has 0 spiro atoms. The highest BCUT2D eigenvalue weighted by Crippen LogP contribution is 2.25. The van der Waals surface area contributed by atoms with Crippen molar-refractivity contribution in [2.24, 2.45) is 5.92 Å². The minimum Gasteiger partial charge on any atom is -0.381 e. The van der Waals surface area contributed by atoms with Crippen LogP contribution in [-0.2, 0) is 22.5 Å². The van der Waals surface area contributed by atoms with Crippen molar-refractivity contribution in [2.45, 2.75) is 32.7 Å². The zero-order valence-corrected chi connectivity index (χ0v) is 20.8. The molecule has 2 aromatic heterocycles. The predicted molar refractivity (Wildman–Crippen MR) is 142 cm³/mol. The summed E-state index contributed by atoms with van der Waals surface area (Å²) in [5.41, 5.74) is 3.74. The molecule has 0 saturated carbocycles. The quantitative estimate of drug-likeness (QED) is 0.324. The number of H-pyrrole nitrogens is 1. The van der Waals surface area contributed by atoms with Gasteiger partial charge < -0.3 is 20.4 Å². The molecule has 0 bridgehead atoms. The maximum absolute atomic E-state index is 13.5. The van der Waals surface area contributed by atoms with E-state index in [2.05, 4.69) is 33.6 Å². The zero-order chi connectivity index (χ0) is 25.1. The SMILES string of the molecule is CCc1c[nH]c2cc(Nc3ncc(NC(=O)C4CCOCC4)c(=O)n3Cc3ccc(Cl)cc3)ccc12. The summed E-state index contributed by atoms with van der Waals surface area (Å²) >= 11 is 6.05. The minimum absolute atomic E-state index is 0.151. The van der Waals surface area contributed by atoms with Crippen molar-refractivity contribution >= 4 is 45.7 Å². The Balaban J connectivity index is 1.47. The van der Waals surface area contributed by atoms with Gasteiger partial charge in [-0.1, -0.05) is 36.7 Å². The maximum atomic E-state index is 13.5. The van der Waals surface area contributed by atoms with Crippen LogP contribution < -0.4 is 16.2 Å². The van der Waals surface area contributed by atoms with Crippen LogP contribution in [0.25, 0.3) is 10.9 Å². The third kappa shape index (κ3) is 5.15. The number of hydrogen-bond donors (Lipinski definition) is 3. The number of anilines is 3. The maximum Gasteiger partial charge on any atom is 0.279 e. The summed E-state index contributed by atoms with van der Waals surface area (Å²) in [5, 5.41) is 7.86. The molecule has 1 saturated heterocycles. The lowest BCUT2D eigenvalue weighted by atomic mass is 9.99. The first-order valence-corrected chi connectivity index (χ1v) is 12.5. The van der Waals surface area contributed by atoms with Crippen molar-refractivity contribution in [1.82, 2.24) is 14.5 Å². The van der Waals surface area contributed by atoms with E-state index in [4.69, 9.17) is 16.3 Å². The Kier molecular flexibility index (Phi) is 7.06. The molecule has 2 aromatic carbocycles. The smallest absolute Gasteiger partial charge is 0.279 e. The molecule has 8 nitrogen and oxygen atoms in total. The molecule has 1 fully saturated rings. The summed E-state index contributed by atoms with van der Waals surface area (Å²) in [4.78, 5) is 34.1. The van der Waals surface area contributed by atoms with Crippen LogP contribution in [0.5, 0.6) is 0 Å². The standard InChI is InChI=1S/C27H28ClN5O3/c1-2-18-14-29-23-13-21(7-8-22(18)23)31-27-30-15-24(32-25(34)19-9-11-36-12-10-19)26(35)33(27)16-17-3-5-20(28)6-4-17/h3-8,13-15,19,29H,2,9-12,16H2,1H3,(H,30,31)(H,32,34). The van der Waals surface area contributed by atoms with Crippen LogP contribution in [0.2, 0.25) is 5.02 Å². The van der Waals surface area contributed by atoms with Crippen LogP contribution in [-0.4, -0.2) is 33.7 Å². The molecule has 3 N–H and O–H groups in total. The highest BCUT2D eigenvalue weighted by Gasteiger charge is 2.23. The highest BCUT2D eigenvalue weighted by atomic mass is 35.5. The van der Waals surface area contributed by atoms with Crippen molar-refractivity contribution < 1.29 is 9.53 Å². The van der Waals surface area contributed by atoms with Gasteiger partial charge in [-0.05, 0) is 54.7 Å². The Bertz CT molecular complexity index is 1440. The fraction of sp³-hybridized carbons (Fsp3) is 0.296. The molecular weight excluding hydrogens is 478 g/mol. The van der Waals surface area contributed by atoms with E-state index in [-0.39, 0.29) is 29.6 Å². The van der Waals surface area contributed by atoms with Gasteiger partial charge in [0, 0.05) is 46.9 Å². The zero-order valence-electron chi connectivity index (χ0n) is 20.0. The Morgan fingerprint density at radius 3 is 2.72 bits per heavy atom. The van der Waals surface area contributed by atoms with Crippen molar-refractivity contribution in [3.8, 4) is 0 Å². The van der Waals surface area contributed by atoms with E-state index >= 15 is 0 Å². The molecule has 36 heavy (non-hydrogen) atoms. The van der Waals surface area contributed by atoms with Gasteiger partial charge in [-0.25, -0.2) is 4.98 Å². The van der Waals surface area contributed by atoms with Gasteiger partial charge in [-0.15, -0.1) is 0 Å². The van der Waals surface area contributed by atoms with Gasteiger partial charge in [0.2, 0.25) is 11.9 Å². The molecule has 5 rings (SSSR count). The molecule has 1 amide bonds. The van der Waals surface area contributed by atoms with Crippen molar-refractivity contribution in [3.63, 3.8) is 0 Å². The fourth-order valence-corrected chi connectivity index (χ4v) is 4.60. The van der Waals surface area contributed by atoms with Gasteiger partial charge >= 0.3 is 0 Å². The summed E-state index contributed by atoms with van der Waals surface area (Å²) in [5.74, 6) is 0.0155. The summed E-state index contributed by atoms with van der Waals surface area (Å²) in [6.07, 6.45) is 5.65. The molecule has 0 unspecified atom stereocenters. The number of amides is 1. The monoisotopic (exact) mass is 505 g/mol. The summed E-state index contributed by atoms with van der Waals surface area (Å²) in [6.45, 7) is 3.48. The number of fused-ring (bicyclic) bond motifs is 1. The summed E-state index contributed by atoms with van der Waals surface area (Å²) < 4.78 is 6.87. The number of hydrogen-bond acceptors (Lipinski definition) is 5. The molecule has 4 aromatic rings. The second kappa shape index (κ2) is 10.6. The Morgan fingerprint density at radius 2 is 1.97 bits per heavy atom. The molecular formula is C27H28ClN5O3. The van der Waals surface area contributed by atoms with E-state index in [9.17, 15) is 9.59 Å². The first kappa shape index (κ1) is 24.1. The van der Waals surface area contributed by atoms with Crippen LogP contribution in [0, 0.1) is 5.92 Å². The number of aromatic nitrogens is 3. The van der Waals surface area contributed by atoms with Crippen LogP contribution >= 0.6 is 11.6 Å². The number of benzene rings is 2. The number of nitrogens with one attached hydrogen (secondary N) is 3. The number of nitrogens with zero attached hydrogens (tertiary/aromatic N) is 2. The van der Waals surface area contributed by atoms with E-state index in [0.29, 0.717) is 37.0 Å². The Morgan fingerprint density at radius 1 is 1.19 bits per heavy atom. The third-order valence-corrected chi connectivity index (χ3v) is 6.81. The molecule has 3 heterocycles. The van der Waals surface area contributed by atoms with Gasteiger partial charge in [0.15, 0.2) is 0 Å². The van der Waals surface area contributed by atoms with Gasteiger partial charge in [0.1, 0.15) is 5.69 Å². The average Bonchev–Trinajstić information content (AvgIpc) is 3.32. The van der Waals surface area contributed by atoms with Gasteiger partial charge in [0.05, 0.1) is 12.7 Å². The van der Waals surface area contributed by atoms with E-state index < -0.39 is 0 Å². The Hall–Kier alpha value is -3.62. The predicted octanol–water partition coefficient (Wildman–Crippen LogP) is 5.10. The number of carbonyl (C=O) groups excluding carboxylic acids is 1. The molecule has 0 atom stereocenters. The second-order valence-corrected chi connectivity index (χ2v) is 9.38. The number of ether oxygens (including phenoxy) is 1. The first-order valence-electron chi connectivity index (χ1n) is 12.1. The van der Waals surface area contributed by atoms with Crippen LogP contribution in [0.15, 0.2) is 59.7 Å².